The molecule has 1 N–H and O–H groups in total. The number of anilines is 1. The molecule has 1 unspecified atom stereocenters. The van der Waals surface area contributed by atoms with Gasteiger partial charge in [0.2, 0.25) is 0 Å². The lowest BCUT2D eigenvalue weighted by molar-refractivity contribution is -0.132. The van der Waals surface area contributed by atoms with Crippen LogP contribution in [-0.4, -0.2) is 28.4 Å². The second-order valence-electron chi connectivity index (χ2n) is 7.46. The molecule has 168 valence electrons. The molecule has 1 saturated heterocycles. The number of aryl methyl sites for hydroxylation is 1. The molecule has 0 radical (unpaired) electrons. The number of nitrogens with zero attached hydrogens (tertiary/aromatic N) is 2. The first-order valence-electron chi connectivity index (χ1n) is 10.2. The van der Waals surface area contributed by atoms with Crippen molar-refractivity contribution in [3.63, 3.8) is 0 Å². The number of aromatic nitrogens is 1. The topological polar surface area (TPSA) is 79.7 Å². The fourth-order valence-electron chi connectivity index (χ4n) is 3.89. The van der Waals surface area contributed by atoms with Crippen LogP contribution in [0.25, 0.3) is 5.76 Å². The number of hydrogen-bond acceptors (Lipinski definition) is 5. The molecular formula is C25H20F2N2O4. The summed E-state index contributed by atoms with van der Waals surface area (Å²) in [7, 11) is 0. The summed E-state index contributed by atoms with van der Waals surface area (Å²) in [5, 5.41) is 11.1. The Morgan fingerprint density at radius 3 is 2.45 bits per heavy atom. The van der Waals surface area contributed by atoms with E-state index in [0.717, 1.165) is 22.6 Å². The lowest BCUT2D eigenvalue weighted by atomic mass is 9.95. The summed E-state index contributed by atoms with van der Waals surface area (Å²) in [4.78, 5) is 31.0. The van der Waals surface area contributed by atoms with Crippen LogP contribution < -0.4 is 9.64 Å². The van der Waals surface area contributed by atoms with Gasteiger partial charge in [-0.3, -0.25) is 19.5 Å². The maximum absolute atomic E-state index is 14.7. The second kappa shape index (κ2) is 8.82. The number of benzene rings is 2. The molecule has 2 aromatic carbocycles. The van der Waals surface area contributed by atoms with Gasteiger partial charge in [0, 0.05) is 24.0 Å². The largest absolute Gasteiger partial charge is 0.507 e. The summed E-state index contributed by atoms with van der Waals surface area (Å²) >= 11 is 0. The highest BCUT2D eigenvalue weighted by Gasteiger charge is 2.47. The van der Waals surface area contributed by atoms with Crippen LogP contribution in [0, 0.1) is 18.6 Å². The maximum atomic E-state index is 14.7. The van der Waals surface area contributed by atoms with Crippen LogP contribution in [0.4, 0.5) is 14.5 Å². The predicted octanol–water partition coefficient (Wildman–Crippen LogP) is 4.69. The van der Waals surface area contributed by atoms with Crippen LogP contribution in [0.3, 0.4) is 0 Å². The third kappa shape index (κ3) is 3.95. The lowest BCUT2D eigenvalue weighted by Gasteiger charge is -2.25. The van der Waals surface area contributed by atoms with Crippen molar-refractivity contribution in [2.24, 2.45) is 0 Å². The molecule has 2 heterocycles. The first-order chi connectivity index (χ1) is 15.8. The minimum Gasteiger partial charge on any atom is -0.507 e. The third-order valence-electron chi connectivity index (χ3n) is 5.38. The van der Waals surface area contributed by atoms with Crippen molar-refractivity contribution in [3.8, 4) is 5.75 Å². The molecule has 33 heavy (non-hydrogen) atoms. The molecule has 4 rings (SSSR count). The van der Waals surface area contributed by atoms with Gasteiger partial charge in [-0.25, -0.2) is 8.78 Å². The van der Waals surface area contributed by atoms with E-state index in [2.05, 4.69) is 4.98 Å². The SMILES string of the molecule is CCOc1ccc(/C(O)=C2\C(=O)C(=O)N(c3ccc(F)cc3F)C2c2ccncc2)cc1C. The van der Waals surface area contributed by atoms with Gasteiger partial charge in [0.1, 0.15) is 23.1 Å². The molecule has 0 bridgehead atoms. The molecule has 1 amide bonds. The van der Waals surface area contributed by atoms with Gasteiger partial charge in [0.05, 0.1) is 23.9 Å². The number of amides is 1. The van der Waals surface area contributed by atoms with Crippen LogP contribution in [0.15, 0.2) is 66.5 Å². The first-order valence-corrected chi connectivity index (χ1v) is 10.2. The fraction of sp³-hybridized carbons (Fsp3) is 0.160. The van der Waals surface area contributed by atoms with Crippen LogP contribution in [0.2, 0.25) is 0 Å². The van der Waals surface area contributed by atoms with Gasteiger partial charge in [0.25, 0.3) is 11.7 Å². The van der Waals surface area contributed by atoms with E-state index in [-0.39, 0.29) is 11.3 Å². The number of carbonyl (C=O) groups is 2. The molecule has 1 aliphatic heterocycles. The van der Waals surface area contributed by atoms with Gasteiger partial charge < -0.3 is 9.84 Å². The van der Waals surface area contributed by atoms with E-state index < -0.39 is 35.1 Å². The fourth-order valence-corrected chi connectivity index (χ4v) is 3.89. The van der Waals surface area contributed by atoms with Crippen molar-refractivity contribution >= 4 is 23.1 Å². The van der Waals surface area contributed by atoms with Crippen LogP contribution in [0.1, 0.15) is 29.7 Å². The van der Waals surface area contributed by atoms with Crippen molar-refractivity contribution in [3.05, 3.63) is 94.8 Å². The Balaban J connectivity index is 1.92. The Morgan fingerprint density at radius 2 is 1.82 bits per heavy atom. The Kier molecular flexibility index (Phi) is 5.91. The summed E-state index contributed by atoms with van der Waals surface area (Å²) in [5.74, 6) is -3.64. The number of halogens is 2. The number of ketones is 1. The van der Waals surface area contributed by atoms with E-state index in [0.29, 0.717) is 29.5 Å². The predicted molar refractivity (Wildman–Crippen MR) is 118 cm³/mol. The summed E-state index contributed by atoms with van der Waals surface area (Å²) in [6.45, 7) is 4.09. The minimum absolute atomic E-state index is 0.210. The van der Waals surface area contributed by atoms with Crippen LogP contribution >= 0.6 is 0 Å². The monoisotopic (exact) mass is 450 g/mol. The number of Topliss-reactive ketones (excluding diaryl/α,β-unsaturated/α-hetero) is 1. The maximum Gasteiger partial charge on any atom is 0.300 e. The quantitative estimate of drug-likeness (QED) is 0.347. The molecule has 1 fully saturated rings. The van der Waals surface area contributed by atoms with E-state index in [4.69, 9.17) is 4.74 Å². The Bertz CT molecular complexity index is 1270. The average Bonchev–Trinajstić information content (AvgIpc) is 3.06. The molecule has 3 aromatic rings. The molecule has 1 aromatic heterocycles. The van der Waals surface area contributed by atoms with Gasteiger partial charge >= 0.3 is 0 Å². The van der Waals surface area contributed by atoms with E-state index in [9.17, 15) is 23.5 Å². The van der Waals surface area contributed by atoms with Crippen molar-refractivity contribution in [1.82, 2.24) is 4.98 Å². The Morgan fingerprint density at radius 1 is 1.09 bits per heavy atom. The lowest BCUT2D eigenvalue weighted by Crippen LogP contribution is -2.30. The van der Waals surface area contributed by atoms with Crippen molar-refractivity contribution < 1.29 is 28.2 Å². The Labute approximate surface area is 188 Å². The number of rotatable bonds is 5. The number of aliphatic hydroxyl groups excluding tert-OH is 1. The summed E-state index contributed by atoms with van der Waals surface area (Å²) in [5.41, 5.74) is 0.964. The van der Waals surface area contributed by atoms with Gasteiger partial charge in [-0.05, 0) is 67.4 Å². The normalized spacial score (nSPS) is 17.5. The molecule has 1 atom stereocenters. The molecule has 1 aliphatic rings. The third-order valence-corrected chi connectivity index (χ3v) is 5.38. The van der Waals surface area contributed by atoms with E-state index in [1.165, 1.54) is 12.4 Å². The average molecular weight is 450 g/mol. The smallest absolute Gasteiger partial charge is 0.300 e. The summed E-state index contributed by atoms with van der Waals surface area (Å²) < 4.78 is 33.7. The number of hydrogen-bond donors (Lipinski definition) is 1. The van der Waals surface area contributed by atoms with Gasteiger partial charge in [-0.15, -0.1) is 0 Å². The van der Waals surface area contributed by atoms with Crippen molar-refractivity contribution in [2.45, 2.75) is 19.9 Å². The molecular weight excluding hydrogens is 430 g/mol. The van der Waals surface area contributed by atoms with E-state index >= 15 is 0 Å². The first kappa shape index (κ1) is 22.1. The summed E-state index contributed by atoms with van der Waals surface area (Å²) in [6.07, 6.45) is 2.91. The molecule has 0 spiro atoms. The second-order valence-corrected chi connectivity index (χ2v) is 7.46. The highest BCUT2D eigenvalue weighted by molar-refractivity contribution is 6.51. The number of carbonyl (C=O) groups excluding carboxylic acids is 2. The zero-order valence-electron chi connectivity index (χ0n) is 17.9. The molecule has 6 nitrogen and oxygen atoms in total. The highest BCUT2D eigenvalue weighted by Crippen LogP contribution is 2.43. The van der Waals surface area contributed by atoms with Gasteiger partial charge in [-0.1, -0.05) is 0 Å². The van der Waals surface area contributed by atoms with E-state index in [1.54, 1.807) is 37.3 Å². The number of aliphatic hydroxyl groups is 1. The van der Waals surface area contributed by atoms with Crippen molar-refractivity contribution in [1.29, 1.82) is 0 Å². The minimum atomic E-state index is -1.14. The van der Waals surface area contributed by atoms with E-state index in [1.807, 2.05) is 6.92 Å². The van der Waals surface area contributed by atoms with Crippen molar-refractivity contribution in [2.75, 3.05) is 11.5 Å². The Hall–Kier alpha value is -4.07. The van der Waals surface area contributed by atoms with Crippen LogP contribution in [-0.2, 0) is 9.59 Å². The molecule has 0 saturated carbocycles. The summed E-state index contributed by atoms with van der Waals surface area (Å²) in [6, 6.07) is 9.56. The zero-order chi connectivity index (χ0) is 23.7. The molecule has 0 aliphatic carbocycles. The zero-order valence-corrected chi connectivity index (χ0v) is 17.9. The van der Waals surface area contributed by atoms with Gasteiger partial charge in [-0.2, -0.15) is 0 Å². The number of ether oxygens (including phenoxy) is 1. The van der Waals surface area contributed by atoms with Crippen LogP contribution in [0.5, 0.6) is 5.75 Å². The molecule has 8 heteroatoms. The van der Waals surface area contributed by atoms with Gasteiger partial charge in [0.15, 0.2) is 0 Å². The highest BCUT2D eigenvalue weighted by atomic mass is 19.1. The standard InChI is InChI=1S/C25H20F2N2O4/c1-3-33-20-7-4-16(12-14(20)2)23(30)21-22(15-8-10-28-11-9-15)29(25(32)24(21)31)19-6-5-17(26)13-18(19)27/h4-13,22,30H,3H2,1-2H3/b23-21+. The number of pyridine rings is 1.